The van der Waals surface area contributed by atoms with Gasteiger partial charge >= 0.3 is 0 Å². The molecular weight excluding hydrogens is 284 g/mol. The Balaban J connectivity index is 1.74. The van der Waals surface area contributed by atoms with E-state index in [1.165, 1.54) is 0 Å². The highest BCUT2D eigenvalue weighted by Crippen LogP contribution is 2.10. The molecule has 22 heavy (non-hydrogen) atoms. The van der Waals surface area contributed by atoms with Crippen molar-refractivity contribution in [1.82, 2.24) is 29.5 Å². The second kappa shape index (κ2) is 6.20. The van der Waals surface area contributed by atoms with Gasteiger partial charge in [0.05, 0.1) is 11.7 Å². The number of likely N-dealkylation sites (N-methyl/N-ethyl adjacent to an activating group) is 1. The number of pyridine rings is 1. The van der Waals surface area contributed by atoms with Crippen LogP contribution < -0.4 is 0 Å². The Bertz CT molecular complexity index is 627. The van der Waals surface area contributed by atoms with E-state index in [0.717, 1.165) is 6.54 Å². The highest BCUT2D eigenvalue weighted by molar-refractivity contribution is 5.94. The van der Waals surface area contributed by atoms with Gasteiger partial charge in [0.15, 0.2) is 0 Å². The Labute approximate surface area is 128 Å². The molecule has 1 unspecified atom stereocenters. The number of hydrogen-bond acceptors (Lipinski definition) is 6. The van der Waals surface area contributed by atoms with Crippen molar-refractivity contribution in [3.05, 3.63) is 36.5 Å². The van der Waals surface area contributed by atoms with Crippen molar-refractivity contribution in [2.75, 3.05) is 33.2 Å². The van der Waals surface area contributed by atoms with Crippen molar-refractivity contribution < 1.29 is 9.90 Å². The zero-order chi connectivity index (χ0) is 15.5. The maximum atomic E-state index is 12.5. The third-order valence-electron chi connectivity index (χ3n) is 3.67. The summed E-state index contributed by atoms with van der Waals surface area (Å²) >= 11 is 0. The zero-order valence-corrected chi connectivity index (χ0v) is 12.3. The Hall–Kier alpha value is -2.32. The predicted octanol–water partition coefficient (Wildman–Crippen LogP) is -0.589. The SMILES string of the molecule is CN1CCN(C(=O)c2ccc(-n3cnnc3)nc2)CC(O)C1. The van der Waals surface area contributed by atoms with Crippen LogP contribution in [0.3, 0.4) is 0 Å². The molecule has 0 spiro atoms. The lowest BCUT2D eigenvalue weighted by Crippen LogP contribution is -2.37. The van der Waals surface area contributed by atoms with Gasteiger partial charge in [-0.15, -0.1) is 10.2 Å². The fraction of sp³-hybridized carbons (Fsp3) is 0.429. The quantitative estimate of drug-likeness (QED) is 0.798. The number of β-amino-alcohol motifs (C(OH)–C–C–N with tert-alkyl or cyclic N) is 1. The van der Waals surface area contributed by atoms with Crippen LogP contribution in [-0.2, 0) is 0 Å². The van der Waals surface area contributed by atoms with E-state index in [1.807, 2.05) is 11.9 Å². The van der Waals surface area contributed by atoms with E-state index in [2.05, 4.69) is 15.2 Å². The van der Waals surface area contributed by atoms with Crippen LogP contribution in [0.4, 0.5) is 0 Å². The molecule has 1 fully saturated rings. The van der Waals surface area contributed by atoms with Crippen LogP contribution in [0.25, 0.3) is 5.82 Å². The van der Waals surface area contributed by atoms with E-state index in [0.29, 0.717) is 31.0 Å². The zero-order valence-electron chi connectivity index (χ0n) is 12.3. The first-order valence-electron chi connectivity index (χ1n) is 7.10. The van der Waals surface area contributed by atoms with Crippen LogP contribution in [0.2, 0.25) is 0 Å². The van der Waals surface area contributed by atoms with Gasteiger partial charge in [0.1, 0.15) is 18.5 Å². The molecule has 1 atom stereocenters. The smallest absolute Gasteiger partial charge is 0.255 e. The average Bonchev–Trinajstić information content (AvgIpc) is 2.99. The molecule has 1 N–H and O–H groups in total. The predicted molar refractivity (Wildman–Crippen MR) is 78.6 cm³/mol. The summed E-state index contributed by atoms with van der Waals surface area (Å²) in [4.78, 5) is 20.5. The number of carbonyl (C=O) groups excluding carboxylic acids is 1. The van der Waals surface area contributed by atoms with Crippen molar-refractivity contribution in [3.63, 3.8) is 0 Å². The van der Waals surface area contributed by atoms with E-state index >= 15 is 0 Å². The second-order valence-corrected chi connectivity index (χ2v) is 5.44. The molecule has 1 saturated heterocycles. The molecule has 0 aromatic carbocycles. The largest absolute Gasteiger partial charge is 0.390 e. The Kier molecular flexibility index (Phi) is 4.12. The molecule has 2 aromatic heterocycles. The van der Waals surface area contributed by atoms with Crippen molar-refractivity contribution >= 4 is 5.91 Å². The standard InChI is InChI=1S/C14H18N6O2/c1-18-4-5-19(8-12(21)7-18)14(22)11-2-3-13(15-6-11)20-9-16-17-10-20/h2-3,6,9-10,12,21H,4-5,7-8H2,1H3. The van der Waals surface area contributed by atoms with Gasteiger partial charge in [0.2, 0.25) is 0 Å². The van der Waals surface area contributed by atoms with E-state index < -0.39 is 6.10 Å². The number of aliphatic hydroxyl groups is 1. The van der Waals surface area contributed by atoms with Crippen molar-refractivity contribution in [3.8, 4) is 5.82 Å². The maximum Gasteiger partial charge on any atom is 0.255 e. The fourth-order valence-corrected chi connectivity index (χ4v) is 2.50. The van der Waals surface area contributed by atoms with Gasteiger partial charge in [-0.05, 0) is 19.2 Å². The maximum absolute atomic E-state index is 12.5. The minimum Gasteiger partial charge on any atom is -0.390 e. The fourth-order valence-electron chi connectivity index (χ4n) is 2.50. The second-order valence-electron chi connectivity index (χ2n) is 5.44. The average molecular weight is 302 g/mol. The highest BCUT2D eigenvalue weighted by Gasteiger charge is 2.23. The molecule has 0 saturated carbocycles. The lowest BCUT2D eigenvalue weighted by atomic mass is 10.2. The monoisotopic (exact) mass is 302 g/mol. The molecule has 116 valence electrons. The molecular formula is C14H18N6O2. The summed E-state index contributed by atoms with van der Waals surface area (Å²) in [5.41, 5.74) is 0.508. The topological polar surface area (TPSA) is 87.4 Å². The van der Waals surface area contributed by atoms with Crippen LogP contribution in [0.1, 0.15) is 10.4 Å². The molecule has 2 aromatic rings. The first-order valence-corrected chi connectivity index (χ1v) is 7.10. The summed E-state index contributed by atoms with van der Waals surface area (Å²) in [6, 6.07) is 3.47. The minimum absolute atomic E-state index is 0.114. The molecule has 1 aliphatic heterocycles. The van der Waals surface area contributed by atoms with E-state index in [9.17, 15) is 9.90 Å². The molecule has 0 aliphatic carbocycles. The minimum atomic E-state index is -0.527. The third-order valence-corrected chi connectivity index (χ3v) is 3.67. The molecule has 3 heterocycles. The molecule has 3 rings (SSSR count). The number of amides is 1. The van der Waals surface area contributed by atoms with Gasteiger partial charge in [0.25, 0.3) is 5.91 Å². The molecule has 1 aliphatic rings. The van der Waals surface area contributed by atoms with E-state index in [-0.39, 0.29) is 5.91 Å². The van der Waals surface area contributed by atoms with E-state index in [1.54, 1.807) is 40.5 Å². The van der Waals surface area contributed by atoms with Gasteiger partial charge in [-0.3, -0.25) is 9.36 Å². The number of carbonyl (C=O) groups is 1. The third kappa shape index (κ3) is 3.12. The van der Waals surface area contributed by atoms with Gasteiger partial charge in [-0.1, -0.05) is 0 Å². The van der Waals surface area contributed by atoms with Crippen LogP contribution >= 0.6 is 0 Å². The van der Waals surface area contributed by atoms with Crippen molar-refractivity contribution in [1.29, 1.82) is 0 Å². The van der Waals surface area contributed by atoms with Crippen LogP contribution in [0.5, 0.6) is 0 Å². The van der Waals surface area contributed by atoms with Crippen LogP contribution in [0.15, 0.2) is 31.0 Å². The summed E-state index contributed by atoms with van der Waals surface area (Å²) in [6.45, 7) is 2.26. The Morgan fingerprint density at radius 3 is 2.68 bits per heavy atom. The molecule has 8 nitrogen and oxygen atoms in total. The number of hydrogen-bond donors (Lipinski definition) is 1. The summed E-state index contributed by atoms with van der Waals surface area (Å²) in [5.74, 6) is 0.536. The van der Waals surface area contributed by atoms with Gasteiger partial charge in [-0.2, -0.15) is 0 Å². The Morgan fingerprint density at radius 1 is 1.23 bits per heavy atom. The van der Waals surface area contributed by atoms with Crippen LogP contribution in [-0.4, -0.2) is 79.9 Å². The van der Waals surface area contributed by atoms with E-state index in [4.69, 9.17) is 0 Å². The van der Waals surface area contributed by atoms with Crippen LogP contribution in [0, 0.1) is 0 Å². The molecule has 1 amide bonds. The first kappa shape index (κ1) is 14.6. The summed E-state index contributed by atoms with van der Waals surface area (Å²) in [7, 11) is 1.94. The van der Waals surface area contributed by atoms with Gasteiger partial charge in [0, 0.05) is 32.4 Å². The summed E-state index contributed by atoms with van der Waals surface area (Å²) in [5, 5.41) is 17.4. The number of aromatic nitrogens is 4. The first-order chi connectivity index (χ1) is 10.6. The molecule has 0 radical (unpaired) electrons. The highest BCUT2D eigenvalue weighted by atomic mass is 16.3. The normalized spacial score (nSPS) is 19.9. The van der Waals surface area contributed by atoms with Crippen molar-refractivity contribution in [2.45, 2.75) is 6.10 Å². The number of aliphatic hydroxyl groups excluding tert-OH is 1. The summed E-state index contributed by atoms with van der Waals surface area (Å²) < 4.78 is 1.67. The number of rotatable bonds is 2. The van der Waals surface area contributed by atoms with Crippen molar-refractivity contribution in [2.24, 2.45) is 0 Å². The van der Waals surface area contributed by atoms with Gasteiger partial charge < -0.3 is 14.9 Å². The number of nitrogens with zero attached hydrogens (tertiary/aromatic N) is 6. The van der Waals surface area contributed by atoms with Gasteiger partial charge in [-0.25, -0.2) is 4.98 Å². The lowest BCUT2D eigenvalue weighted by Gasteiger charge is -2.21. The molecule has 8 heteroatoms. The summed E-state index contributed by atoms with van der Waals surface area (Å²) in [6.07, 6.45) is 4.11. The Morgan fingerprint density at radius 2 is 2.00 bits per heavy atom. The lowest BCUT2D eigenvalue weighted by molar-refractivity contribution is 0.0666. The molecule has 0 bridgehead atoms.